The van der Waals surface area contributed by atoms with E-state index < -0.39 is 24.6 Å². The van der Waals surface area contributed by atoms with Crippen molar-refractivity contribution in [1.82, 2.24) is 4.98 Å². The third kappa shape index (κ3) is 2.78. The molecule has 6 nitrogen and oxygen atoms in total. The molecule has 0 saturated carbocycles. The van der Waals surface area contributed by atoms with Crippen LogP contribution >= 0.6 is 0 Å². The monoisotopic (exact) mass is 305 g/mol. The Labute approximate surface area is 127 Å². The summed E-state index contributed by atoms with van der Waals surface area (Å²) in [4.78, 5) is 4.34. The molecule has 2 heterocycles. The Balaban J connectivity index is 1.86. The molecule has 3 N–H and O–H groups in total. The number of benzene rings is 1. The van der Waals surface area contributed by atoms with Crippen LogP contribution in [0.5, 0.6) is 5.75 Å². The number of aromatic nitrogens is 1. The molecule has 1 saturated heterocycles. The van der Waals surface area contributed by atoms with Gasteiger partial charge in [-0.15, -0.1) is 0 Å². The Morgan fingerprint density at radius 2 is 2.14 bits per heavy atom. The van der Waals surface area contributed by atoms with Gasteiger partial charge < -0.3 is 24.8 Å². The summed E-state index contributed by atoms with van der Waals surface area (Å²) in [5.74, 6) is 0.548. The molecular formula is C16H19NO5. The Morgan fingerprint density at radius 1 is 1.32 bits per heavy atom. The third-order valence-electron chi connectivity index (χ3n) is 3.93. The van der Waals surface area contributed by atoms with E-state index in [0.717, 1.165) is 10.9 Å². The summed E-state index contributed by atoms with van der Waals surface area (Å²) in [6.45, 7) is 1.61. The predicted molar refractivity (Wildman–Crippen MR) is 79.5 cm³/mol. The first-order chi connectivity index (χ1) is 10.6. The van der Waals surface area contributed by atoms with Gasteiger partial charge >= 0.3 is 0 Å². The van der Waals surface area contributed by atoms with E-state index in [2.05, 4.69) is 4.98 Å². The second-order valence-electron chi connectivity index (χ2n) is 5.48. The first-order valence-corrected chi connectivity index (χ1v) is 7.23. The number of rotatable bonds is 3. The van der Waals surface area contributed by atoms with Crippen molar-refractivity contribution in [3.63, 3.8) is 0 Å². The minimum atomic E-state index is -1.11. The van der Waals surface area contributed by atoms with E-state index in [4.69, 9.17) is 9.47 Å². The number of hydrogen-bond acceptors (Lipinski definition) is 6. The Morgan fingerprint density at radius 3 is 2.91 bits per heavy atom. The van der Waals surface area contributed by atoms with E-state index in [9.17, 15) is 15.3 Å². The molecule has 4 atom stereocenters. The molecule has 2 aromatic rings. The van der Waals surface area contributed by atoms with Crippen LogP contribution in [0.2, 0.25) is 0 Å². The largest absolute Gasteiger partial charge is 0.463 e. The van der Waals surface area contributed by atoms with Gasteiger partial charge in [-0.1, -0.05) is 12.1 Å². The van der Waals surface area contributed by atoms with Crippen LogP contribution in [-0.4, -0.2) is 51.5 Å². The molecule has 3 rings (SSSR count). The molecule has 0 radical (unpaired) electrons. The van der Waals surface area contributed by atoms with Crippen LogP contribution in [0.1, 0.15) is 12.0 Å². The summed E-state index contributed by atoms with van der Waals surface area (Å²) in [7, 11) is 0. The number of pyridine rings is 1. The van der Waals surface area contributed by atoms with Gasteiger partial charge in [-0.05, 0) is 24.6 Å². The molecule has 118 valence electrons. The highest BCUT2D eigenvalue weighted by molar-refractivity contribution is 5.86. The van der Waals surface area contributed by atoms with Crippen molar-refractivity contribution in [1.29, 1.82) is 0 Å². The summed E-state index contributed by atoms with van der Waals surface area (Å²) in [5, 5.41) is 29.8. The lowest BCUT2D eigenvalue weighted by Crippen LogP contribution is -2.51. The minimum absolute atomic E-state index is 0.125. The average Bonchev–Trinajstić information content (AvgIpc) is 2.52. The fraction of sp³-hybridized carbons (Fsp3) is 0.438. The minimum Gasteiger partial charge on any atom is -0.463 e. The third-order valence-corrected chi connectivity index (χ3v) is 3.93. The second-order valence-corrected chi connectivity index (χ2v) is 5.48. The Hall–Kier alpha value is -1.73. The zero-order valence-electron chi connectivity index (χ0n) is 12.2. The number of ether oxygens (including phenoxy) is 2. The molecule has 0 spiro atoms. The number of hydrogen-bond donors (Lipinski definition) is 3. The molecule has 1 fully saturated rings. The highest BCUT2D eigenvalue weighted by Gasteiger charge is 2.37. The summed E-state index contributed by atoms with van der Waals surface area (Å²) in [6.07, 6.45) is -1.89. The Kier molecular flexibility index (Phi) is 4.26. The molecule has 0 aliphatic carbocycles. The quantitative estimate of drug-likeness (QED) is 0.775. The summed E-state index contributed by atoms with van der Waals surface area (Å²) < 4.78 is 11.3. The second kappa shape index (κ2) is 6.18. The van der Waals surface area contributed by atoms with Gasteiger partial charge in [-0.2, -0.15) is 0 Å². The van der Waals surface area contributed by atoms with Crippen LogP contribution in [0.15, 0.2) is 30.5 Å². The molecular weight excluding hydrogens is 286 g/mol. The summed E-state index contributed by atoms with van der Waals surface area (Å²) >= 11 is 0. The summed E-state index contributed by atoms with van der Waals surface area (Å²) in [5.41, 5.74) is 1.80. The molecule has 0 amide bonds. The molecule has 22 heavy (non-hydrogen) atoms. The Bertz CT molecular complexity index is 662. The maximum atomic E-state index is 9.85. The lowest BCUT2D eigenvalue weighted by molar-refractivity contribution is -0.229. The zero-order valence-corrected chi connectivity index (χ0v) is 12.2. The molecule has 1 aromatic carbocycles. The first-order valence-electron chi connectivity index (χ1n) is 7.23. The van der Waals surface area contributed by atoms with Gasteiger partial charge in [0, 0.05) is 18.0 Å². The van der Waals surface area contributed by atoms with Crippen LogP contribution in [-0.2, 0) is 4.74 Å². The van der Waals surface area contributed by atoms with Gasteiger partial charge in [0.1, 0.15) is 23.5 Å². The van der Waals surface area contributed by atoms with Gasteiger partial charge in [0.25, 0.3) is 0 Å². The van der Waals surface area contributed by atoms with Gasteiger partial charge in [0.15, 0.2) is 0 Å². The lowest BCUT2D eigenvalue weighted by Gasteiger charge is -2.36. The van der Waals surface area contributed by atoms with Crippen molar-refractivity contribution in [3.8, 4) is 5.75 Å². The maximum Gasteiger partial charge on any atom is 0.203 e. The van der Waals surface area contributed by atoms with Gasteiger partial charge in [0.2, 0.25) is 6.29 Å². The van der Waals surface area contributed by atoms with Crippen LogP contribution < -0.4 is 4.74 Å². The SMILES string of the molecule is Cc1ccnc2c(OC3CC(O)C(O)C(CO)O3)cccc12. The maximum absolute atomic E-state index is 9.85. The van der Waals surface area contributed by atoms with E-state index in [-0.39, 0.29) is 13.0 Å². The molecule has 6 heteroatoms. The standard InChI is InChI=1S/C16H19NO5/c1-9-5-6-17-15-10(9)3-2-4-12(15)21-14-7-11(19)16(20)13(8-18)22-14/h2-6,11,13-14,16,18-20H,7-8H2,1H3. The smallest absolute Gasteiger partial charge is 0.203 e. The molecule has 1 aromatic heterocycles. The van der Waals surface area contributed by atoms with Crippen LogP contribution in [0.25, 0.3) is 10.9 Å². The molecule has 0 bridgehead atoms. The van der Waals surface area contributed by atoms with Crippen molar-refractivity contribution in [2.45, 2.75) is 37.9 Å². The van der Waals surface area contributed by atoms with E-state index >= 15 is 0 Å². The zero-order chi connectivity index (χ0) is 15.7. The van der Waals surface area contributed by atoms with Crippen molar-refractivity contribution < 1.29 is 24.8 Å². The van der Waals surface area contributed by atoms with Crippen LogP contribution in [0.4, 0.5) is 0 Å². The van der Waals surface area contributed by atoms with E-state index in [1.807, 2.05) is 25.1 Å². The fourth-order valence-corrected chi connectivity index (χ4v) is 2.67. The van der Waals surface area contributed by atoms with Crippen LogP contribution in [0.3, 0.4) is 0 Å². The average molecular weight is 305 g/mol. The van der Waals surface area contributed by atoms with E-state index in [1.165, 1.54) is 0 Å². The highest BCUT2D eigenvalue weighted by atomic mass is 16.7. The van der Waals surface area contributed by atoms with Crippen molar-refractivity contribution in [2.24, 2.45) is 0 Å². The fourth-order valence-electron chi connectivity index (χ4n) is 2.67. The molecule has 1 aliphatic heterocycles. The van der Waals surface area contributed by atoms with Gasteiger partial charge in [0.05, 0.1) is 12.7 Å². The number of aryl methyl sites for hydroxylation is 1. The van der Waals surface area contributed by atoms with Gasteiger partial charge in [-0.3, -0.25) is 4.98 Å². The van der Waals surface area contributed by atoms with Crippen molar-refractivity contribution in [2.75, 3.05) is 6.61 Å². The number of nitrogens with zero attached hydrogens (tertiary/aromatic N) is 1. The summed E-state index contributed by atoms with van der Waals surface area (Å²) in [6, 6.07) is 7.53. The van der Waals surface area contributed by atoms with Gasteiger partial charge in [-0.25, -0.2) is 0 Å². The van der Waals surface area contributed by atoms with Crippen molar-refractivity contribution >= 4 is 10.9 Å². The number of aliphatic hydroxyl groups is 3. The number of fused-ring (bicyclic) bond motifs is 1. The van der Waals surface area contributed by atoms with E-state index in [1.54, 1.807) is 12.3 Å². The topological polar surface area (TPSA) is 92.0 Å². The van der Waals surface area contributed by atoms with Crippen molar-refractivity contribution in [3.05, 3.63) is 36.0 Å². The molecule has 4 unspecified atom stereocenters. The van der Waals surface area contributed by atoms with Crippen LogP contribution in [0, 0.1) is 6.92 Å². The van der Waals surface area contributed by atoms with E-state index in [0.29, 0.717) is 11.3 Å². The first kappa shape index (κ1) is 15.2. The molecule has 1 aliphatic rings. The highest BCUT2D eigenvalue weighted by Crippen LogP contribution is 2.29. The number of para-hydroxylation sites is 1. The predicted octanol–water partition coefficient (Wildman–Crippen LogP) is 0.751. The number of aliphatic hydroxyl groups excluding tert-OH is 3. The normalized spacial score (nSPS) is 28.7. The lowest BCUT2D eigenvalue weighted by atomic mass is 10.0.